The molecule has 0 saturated carbocycles. The maximum absolute atomic E-state index is 11.8. The third kappa shape index (κ3) is 4.57. The summed E-state index contributed by atoms with van der Waals surface area (Å²) < 4.78 is 33.0. The highest BCUT2D eigenvalue weighted by molar-refractivity contribution is 7.92. The van der Waals surface area contributed by atoms with Crippen molar-refractivity contribution >= 4 is 33.0 Å². The summed E-state index contributed by atoms with van der Waals surface area (Å²) >= 11 is 0. The molecule has 9 heteroatoms. The number of hydrogen-bond acceptors (Lipinski definition) is 5. The smallest absolute Gasteiger partial charge is 0.229 e. The van der Waals surface area contributed by atoms with Crippen LogP contribution in [0.1, 0.15) is 6.92 Å². The molecule has 2 heterocycles. The highest BCUT2D eigenvalue weighted by atomic mass is 32.2. The third-order valence-corrected chi connectivity index (χ3v) is 5.39. The maximum atomic E-state index is 11.8. The van der Waals surface area contributed by atoms with Gasteiger partial charge < -0.3 is 10.1 Å². The summed E-state index contributed by atoms with van der Waals surface area (Å²) in [5.74, 6) is 0.498. The number of carbonyl (C=O) groups excluding carboxylic acids is 1. The van der Waals surface area contributed by atoms with Crippen molar-refractivity contribution in [2.24, 2.45) is 0 Å². The summed E-state index contributed by atoms with van der Waals surface area (Å²) in [6, 6.07) is 16.5. The van der Waals surface area contributed by atoms with Crippen molar-refractivity contribution in [3.63, 3.8) is 0 Å². The largest absolute Gasteiger partial charge is 0.497 e. The van der Waals surface area contributed by atoms with Crippen LogP contribution < -0.4 is 14.8 Å². The minimum absolute atomic E-state index is 0.220. The van der Waals surface area contributed by atoms with Crippen LogP contribution in [0.2, 0.25) is 0 Å². The molecule has 0 spiro atoms. The second kappa shape index (κ2) is 8.35. The summed E-state index contributed by atoms with van der Waals surface area (Å²) in [6.45, 7) is 1.44. The highest BCUT2D eigenvalue weighted by Crippen LogP contribution is 2.32. The summed E-state index contributed by atoms with van der Waals surface area (Å²) in [5, 5.41) is 2.84. The van der Waals surface area contributed by atoms with Crippen LogP contribution in [-0.2, 0) is 14.8 Å². The van der Waals surface area contributed by atoms with E-state index in [-0.39, 0.29) is 5.91 Å². The van der Waals surface area contributed by atoms with Gasteiger partial charge in [-0.15, -0.1) is 0 Å². The lowest BCUT2D eigenvalue weighted by molar-refractivity contribution is -0.114. The number of nitrogens with zero attached hydrogens (tertiary/aromatic N) is 2. The molecule has 0 bridgehead atoms. The Morgan fingerprint density at radius 2 is 1.78 bits per heavy atom. The maximum Gasteiger partial charge on any atom is 0.229 e. The highest BCUT2D eigenvalue weighted by Gasteiger charge is 2.14. The fraction of sp³-hybridized carbons (Fsp3) is 0.130. The zero-order valence-electron chi connectivity index (χ0n) is 17.8. The SMILES string of the molecule is COc1cccc(-c2cnc3c(NC(C)=O)cc(-c4cccc(NS(C)(=O)=O)c4)cn23)c1. The lowest BCUT2D eigenvalue weighted by atomic mass is 10.1. The molecule has 8 nitrogen and oxygen atoms in total. The van der Waals surface area contributed by atoms with E-state index < -0.39 is 10.0 Å². The molecule has 2 aromatic heterocycles. The molecule has 1 amide bonds. The van der Waals surface area contributed by atoms with Crippen LogP contribution in [0.25, 0.3) is 28.0 Å². The van der Waals surface area contributed by atoms with Crippen LogP contribution in [0.4, 0.5) is 11.4 Å². The van der Waals surface area contributed by atoms with Gasteiger partial charge in [-0.2, -0.15) is 0 Å². The Balaban J connectivity index is 1.90. The second-order valence-electron chi connectivity index (χ2n) is 7.35. The average molecular weight is 451 g/mol. The van der Waals surface area contributed by atoms with E-state index in [0.29, 0.717) is 17.0 Å². The topological polar surface area (TPSA) is 102 Å². The molecule has 0 aliphatic heterocycles. The lowest BCUT2D eigenvalue weighted by Crippen LogP contribution is -2.09. The number of rotatable bonds is 6. The molecular formula is C23H22N4O4S. The summed E-state index contributed by atoms with van der Waals surface area (Å²) in [4.78, 5) is 16.4. The number of hydrogen-bond donors (Lipinski definition) is 2. The van der Waals surface area contributed by atoms with E-state index in [1.54, 1.807) is 31.5 Å². The molecule has 0 saturated heterocycles. The lowest BCUT2D eigenvalue weighted by Gasteiger charge is -2.12. The number of nitrogens with one attached hydrogen (secondary N) is 2. The van der Waals surface area contributed by atoms with Crippen LogP contribution in [0, 0.1) is 0 Å². The van der Waals surface area contributed by atoms with Gasteiger partial charge in [0, 0.05) is 29.9 Å². The van der Waals surface area contributed by atoms with Gasteiger partial charge in [0.05, 0.1) is 30.9 Å². The van der Waals surface area contributed by atoms with Crippen LogP contribution in [0.5, 0.6) is 5.75 Å². The summed E-state index contributed by atoms with van der Waals surface area (Å²) in [7, 11) is -1.80. The number of ether oxygens (including phenoxy) is 1. The first-order valence-electron chi connectivity index (χ1n) is 9.75. The van der Waals surface area contributed by atoms with E-state index in [0.717, 1.165) is 34.4 Å². The molecule has 2 aromatic carbocycles. The molecule has 2 N–H and O–H groups in total. The van der Waals surface area contributed by atoms with Crippen molar-refractivity contribution in [2.75, 3.05) is 23.4 Å². The van der Waals surface area contributed by atoms with Crippen LogP contribution in [-0.4, -0.2) is 37.1 Å². The molecule has 0 aliphatic rings. The van der Waals surface area contributed by atoms with E-state index in [2.05, 4.69) is 15.0 Å². The van der Waals surface area contributed by atoms with Crippen molar-refractivity contribution in [1.29, 1.82) is 0 Å². The number of benzene rings is 2. The summed E-state index contributed by atoms with van der Waals surface area (Å²) in [5.41, 5.74) is 4.86. The number of pyridine rings is 1. The second-order valence-corrected chi connectivity index (χ2v) is 9.10. The van der Waals surface area contributed by atoms with Crippen LogP contribution in [0.15, 0.2) is 67.0 Å². The van der Waals surface area contributed by atoms with Crippen molar-refractivity contribution < 1.29 is 17.9 Å². The van der Waals surface area contributed by atoms with E-state index in [4.69, 9.17) is 4.74 Å². The van der Waals surface area contributed by atoms with Crippen LogP contribution in [0.3, 0.4) is 0 Å². The molecule has 4 rings (SSSR count). The molecule has 0 radical (unpaired) electrons. The van der Waals surface area contributed by atoms with E-state index in [1.807, 2.05) is 47.0 Å². The van der Waals surface area contributed by atoms with Crippen molar-refractivity contribution in [2.45, 2.75) is 6.92 Å². The number of carbonyl (C=O) groups is 1. The van der Waals surface area contributed by atoms with Crippen molar-refractivity contribution in [1.82, 2.24) is 9.38 Å². The Morgan fingerprint density at radius 3 is 2.50 bits per heavy atom. The van der Waals surface area contributed by atoms with Gasteiger partial charge in [0.15, 0.2) is 5.65 Å². The standard InChI is InChI=1S/C23H22N4O4S/c1-15(28)25-21-12-18(16-6-4-8-19(10-16)26-32(3,29)30)14-27-22(13-24-23(21)27)17-7-5-9-20(11-17)31-2/h4-14,26H,1-3H3,(H,25,28). The van der Waals surface area contributed by atoms with Gasteiger partial charge in [-0.1, -0.05) is 24.3 Å². The number of sulfonamides is 1. The number of amides is 1. The Kier molecular flexibility index (Phi) is 5.58. The fourth-order valence-corrected chi connectivity index (χ4v) is 4.05. The monoisotopic (exact) mass is 450 g/mol. The molecule has 164 valence electrons. The number of fused-ring (bicyclic) bond motifs is 1. The van der Waals surface area contributed by atoms with Gasteiger partial charge in [-0.3, -0.25) is 13.9 Å². The van der Waals surface area contributed by atoms with Gasteiger partial charge >= 0.3 is 0 Å². The first kappa shape index (κ1) is 21.4. The molecule has 0 fully saturated rings. The normalized spacial score (nSPS) is 11.3. The van der Waals surface area contributed by atoms with Gasteiger partial charge in [0.25, 0.3) is 0 Å². The molecular weight excluding hydrogens is 428 g/mol. The van der Waals surface area contributed by atoms with Gasteiger partial charge in [-0.25, -0.2) is 13.4 Å². The number of aromatic nitrogens is 2. The van der Waals surface area contributed by atoms with E-state index in [9.17, 15) is 13.2 Å². The molecule has 4 aromatic rings. The zero-order valence-corrected chi connectivity index (χ0v) is 18.6. The molecule has 0 unspecified atom stereocenters. The Hall–Kier alpha value is -3.85. The predicted octanol–water partition coefficient (Wildman–Crippen LogP) is 4.01. The molecule has 0 atom stereocenters. The van der Waals surface area contributed by atoms with Gasteiger partial charge in [0.1, 0.15) is 5.75 Å². The van der Waals surface area contributed by atoms with E-state index in [1.165, 1.54) is 6.92 Å². The van der Waals surface area contributed by atoms with Crippen LogP contribution >= 0.6 is 0 Å². The Morgan fingerprint density at radius 1 is 1.03 bits per heavy atom. The van der Waals surface area contributed by atoms with Crippen molar-refractivity contribution in [3.05, 3.63) is 67.0 Å². The minimum atomic E-state index is -3.41. The minimum Gasteiger partial charge on any atom is -0.497 e. The van der Waals surface area contributed by atoms with Gasteiger partial charge in [0.2, 0.25) is 15.9 Å². The predicted molar refractivity (Wildman–Crippen MR) is 125 cm³/mol. The first-order valence-corrected chi connectivity index (χ1v) is 11.6. The average Bonchev–Trinajstić information content (AvgIpc) is 3.17. The Bertz CT molecular complexity index is 1430. The number of anilines is 2. The quantitative estimate of drug-likeness (QED) is 0.462. The Labute approximate surface area is 185 Å². The van der Waals surface area contributed by atoms with E-state index >= 15 is 0 Å². The molecule has 32 heavy (non-hydrogen) atoms. The number of methoxy groups -OCH3 is 1. The zero-order chi connectivity index (χ0) is 22.9. The summed E-state index contributed by atoms with van der Waals surface area (Å²) in [6.07, 6.45) is 4.75. The number of imidazole rings is 1. The third-order valence-electron chi connectivity index (χ3n) is 4.78. The fourth-order valence-electron chi connectivity index (χ4n) is 3.50. The molecule has 0 aliphatic carbocycles. The van der Waals surface area contributed by atoms with Gasteiger partial charge in [-0.05, 0) is 35.9 Å². The van der Waals surface area contributed by atoms with Crippen molar-refractivity contribution in [3.8, 4) is 28.1 Å². The first-order chi connectivity index (χ1) is 15.2.